The average Bonchev–Trinajstić information content (AvgIpc) is 2.76. The highest BCUT2D eigenvalue weighted by molar-refractivity contribution is 7.15. The minimum absolute atomic E-state index is 0.0970. The molecule has 0 saturated heterocycles. The maximum Gasteiger partial charge on any atom is 0.229 e. The van der Waals surface area contributed by atoms with Crippen LogP contribution >= 0.6 is 11.3 Å². The molecule has 0 radical (unpaired) electrons. The van der Waals surface area contributed by atoms with Gasteiger partial charge >= 0.3 is 0 Å². The third-order valence-corrected chi connectivity index (χ3v) is 3.59. The standard InChI is InChI=1S/C11H17N3OS/c1-6(2)4-9-13-14-11(16-9)12-10(15)8-5-7(8)3/h6-8H,4-5H2,1-3H3,(H,12,14,15)/t7-,8-/m1/s1. The SMILES string of the molecule is CC(C)Cc1nnc(NC(=O)[C@@H]2C[C@H]2C)s1. The molecule has 0 aliphatic heterocycles. The van der Waals surface area contributed by atoms with Gasteiger partial charge in [-0.1, -0.05) is 32.1 Å². The van der Waals surface area contributed by atoms with E-state index in [1.54, 1.807) is 0 Å². The van der Waals surface area contributed by atoms with Gasteiger partial charge in [-0.25, -0.2) is 0 Å². The molecule has 1 aliphatic rings. The summed E-state index contributed by atoms with van der Waals surface area (Å²) in [4.78, 5) is 11.6. The van der Waals surface area contributed by atoms with E-state index in [0.717, 1.165) is 17.8 Å². The van der Waals surface area contributed by atoms with Crippen LogP contribution in [0, 0.1) is 17.8 Å². The summed E-state index contributed by atoms with van der Waals surface area (Å²) in [5.74, 6) is 1.39. The fourth-order valence-corrected chi connectivity index (χ4v) is 2.58. The van der Waals surface area contributed by atoms with E-state index in [9.17, 15) is 4.79 Å². The van der Waals surface area contributed by atoms with Gasteiger partial charge in [0.25, 0.3) is 0 Å². The van der Waals surface area contributed by atoms with Crippen molar-refractivity contribution in [3.8, 4) is 0 Å². The van der Waals surface area contributed by atoms with E-state index < -0.39 is 0 Å². The molecule has 2 atom stereocenters. The lowest BCUT2D eigenvalue weighted by molar-refractivity contribution is -0.117. The quantitative estimate of drug-likeness (QED) is 0.877. The zero-order chi connectivity index (χ0) is 11.7. The highest BCUT2D eigenvalue weighted by Gasteiger charge is 2.39. The zero-order valence-corrected chi connectivity index (χ0v) is 10.7. The van der Waals surface area contributed by atoms with Crippen LogP contribution in [0.5, 0.6) is 0 Å². The molecule has 0 spiro atoms. The van der Waals surface area contributed by atoms with E-state index in [-0.39, 0.29) is 11.8 Å². The third-order valence-electron chi connectivity index (χ3n) is 2.73. The van der Waals surface area contributed by atoms with Gasteiger partial charge in [0.05, 0.1) is 0 Å². The van der Waals surface area contributed by atoms with Gasteiger partial charge in [-0.05, 0) is 18.3 Å². The van der Waals surface area contributed by atoms with Crippen molar-refractivity contribution in [3.05, 3.63) is 5.01 Å². The van der Waals surface area contributed by atoms with Crippen LogP contribution in [-0.2, 0) is 11.2 Å². The highest BCUT2D eigenvalue weighted by atomic mass is 32.1. The van der Waals surface area contributed by atoms with Gasteiger partial charge in [-0.3, -0.25) is 4.79 Å². The Balaban J connectivity index is 1.89. The van der Waals surface area contributed by atoms with E-state index in [1.165, 1.54) is 11.3 Å². The summed E-state index contributed by atoms with van der Waals surface area (Å²) in [6, 6.07) is 0. The fraction of sp³-hybridized carbons (Fsp3) is 0.727. The molecule has 0 bridgehead atoms. The predicted octanol–water partition coefficient (Wildman–Crippen LogP) is 2.33. The molecule has 1 aromatic rings. The molecule has 1 aliphatic carbocycles. The number of hydrogen-bond acceptors (Lipinski definition) is 4. The first-order valence-electron chi connectivity index (χ1n) is 5.69. The third kappa shape index (κ3) is 2.78. The van der Waals surface area contributed by atoms with Crippen molar-refractivity contribution in [2.24, 2.45) is 17.8 Å². The van der Waals surface area contributed by atoms with E-state index in [2.05, 4.69) is 36.3 Å². The lowest BCUT2D eigenvalue weighted by Crippen LogP contribution is -2.14. The Kier molecular flexibility index (Phi) is 3.23. The number of rotatable bonds is 4. The van der Waals surface area contributed by atoms with Gasteiger partial charge in [0, 0.05) is 12.3 Å². The lowest BCUT2D eigenvalue weighted by Gasteiger charge is -1.98. The maximum atomic E-state index is 11.6. The summed E-state index contributed by atoms with van der Waals surface area (Å²) in [6.45, 7) is 6.38. The maximum absolute atomic E-state index is 11.6. The van der Waals surface area contributed by atoms with Gasteiger partial charge < -0.3 is 5.32 Å². The van der Waals surface area contributed by atoms with Crippen LogP contribution in [0.15, 0.2) is 0 Å². The minimum Gasteiger partial charge on any atom is -0.300 e. The Hall–Kier alpha value is -0.970. The monoisotopic (exact) mass is 239 g/mol. The molecular weight excluding hydrogens is 222 g/mol. The Labute approximate surface area is 99.5 Å². The molecule has 1 saturated carbocycles. The molecule has 4 nitrogen and oxygen atoms in total. The summed E-state index contributed by atoms with van der Waals surface area (Å²) in [5, 5.41) is 12.5. The van der Waals surface area contributed by atoms with Crippen molar-refractivity contribution in [1.29, 1.82) is 0 Å². The normalized spacial score (nSPS) is 23.5. The van der Waals surface area contributed by atoms with Crippen LogP contribution in [0.2, 0.25) is 0 Å². The molecule has 5 heteroatoms. The first kappa shape index (κ1) is 11.5. The molecule has 2 rings (SSSR count). The molecule has 1 N–H and O–H groups in total. The van der Waals surface area contributed by atoms with Crippen molar-refractivity contribution < 1.29 is 4.79 Å². The topological polar surface area (TPSA) is 54.9 Å². The second-order valence-corrected chi connectivity index (χ2v) is 5.97. The van der Waals surface area contributed by atoms with E-state index in [1.807, 2.05) is 0 Å². The van der Waals surface area contributed by atoms with Gasteiger partial charge in [0.1, 0.15) is 5.01 Å². The Morgan fingerprint density at radius 3 is 2.81 bits per heavy atom. The van der Waals surface area contributed by atoms with Gasteiger partial charge in [-0.15, -0.1) is 10.2 Å². The number of carbonyl (C=O) groups is 1. The Bertz CT molecular complexity index is 388. The van der Waals surface area contributed by atoms with Crippen molar-refractivity contribution in [3.63, 3.8) is 0 Å². The second kappa shape index (κ2) is 4.49. The largest absolute Gasteiger partial charge is 0.300 e. The van der Waals surface area contributed by atoms with Crippen LogP contribution in [0.1, 0.15) is 32.2 Å². The van der Waals surface area contributed by atoms with Gasteiger partial charge in [0.2, 0.25) is 11.0 Å². The number of anilines is 1. The molecule has 88 valence electrons. The molecule has 1 aromatic heterocycles. The van der Waals surface area contributed by atoms with Crippen LogP contribution in [0.3, 0.4) is 0 Å². The minimum atomic E-state index is 0.0970. The Morgan fingerprint density at radius 2 is 2.25 bits per heavy atom. The molecule has 16 heavy (non-hydrogen) atoms. The number of amides is 1. The van der Waals surface area contributed by atoms with E-state index in [4.69, 9.17) is 0 Å². The number of hydrogen-bond donors (Lipinski definition) is 1. The average molecular weight is 239 g/mol. The number of aromatic nitrogens is 2. The molecule has 1 heterocycles. The summed E-state index contributed by atoms with van der Waals surface area (Å²) in [5.41, 5.74) is 0. The first-order chi connectivity index (χ1) is 7.56. The highest BCUT2D eigenvalue weighted by Crippen LogP contribution is 2.38. The van der Waals surface area contributed by atoms with Crippen LogP contribution in [0.25, 0.3) is 0 Å². The summed E-state index contributed by atoms with van der Waals surface area (Å²) >= 11 is 1.48. The number of nitrogens with zero attached hydrogens (tertiary/aromatic N) is 2. The van der Waals surface area contributed by atoms with Crippen molar-refractivity contribution in [2.75, 3.05) is 5.32 Å². The molecule has 1 fully saturated rings. The number of nitrogens with one attached hydrogen (secondary N) is 1. The van der Waals surface area contributed by atoms with Gasteiger partial charge in [-0.2, -0.15) is 0 Å². The predicted molar refractivity (Wildman–Crippen MR) is 64.4 cm³/mol. The van der Waals surface area contributed by atoms with Crippen molar-refractivity contribution >= 4 is 22.4 Å². The summed E-state index contributed by atoms with van der Waals surface area (Å²) in [6.07, 6.45) is 1.93. The smallest absolute Gasteiger partial charge is 0.229 e. The van der Waals surface area contributed by atoms with Crippen molar-refractivity contribution in [1.82, 2.24) is 10.2 Å². The number of carbonyl (C=O) groups excluding carboxylic acids is 1. The van der Waals surface area contributed by atoms with Crippen molar-refractivity contribution in [2.45, 2.75) is 33.6 Å². The molecule has 0 aromatic carbocycles. The molecule has 1 amide bonds. The van der Waals surface area contributed by atoms with Gasteiger partial charge in [0.15, 0.2) is 0 Å². The van der Waals surface area contributed by atoms with Crippen LogP contribution < -0.4 is 5.32 Å². The summed E-state index contributed by atoms with van der Waals surface area (Å²) in [7, 11) is 0. The lowest BCUT2D eigenvalue weighted by atomic mass is 10.1. The van der Waals surface area contributed by atoms with Crippen LogP contribution in [-0.4, -0.2) is 16.1 Å². The Morgan fingerprint density at radius 1 is 1.56 bits per heavy atom. The first-order valence-corrected chi connectivity index (χ1v) is 6.51. The molecular formula is C11H17N3OS. The molecule has 0 unspecified atom stereocenters. The van der Waals surface area contributed by atoms with E-state index >= 15 is 0 Å². The van der Waals surface area contributed by atoms with Crippen LogP contribution in [0.4, 0.5) is 5.13 Å². The fourth-order valence-electron chi connectivity index (χ4n) is 1.62. The van der Waals surface area contributed by atoms with E-state index in [0.29, 0.717) is 17.0 Å². The zero-order valence-electron chi connectivity index (χ0n) is 9.86. The second-order valence-electron chi connectivity index (χ2n) is 4.91. The summed E-state index contributed by atoms with van der Waals surface area (Å²) < 4.78 is 0.